The largest absolute Gasteiger partial charge is 0.370 e. The number of likely N-dealkylation sites (N-methyl/N-ethyl adjacent to an activating group) is 1. The second-order valence-electron chi connectivity index (χ2n) is 8.44. The number of H-pyrrole nitrogens is 1. The summed E-state index contributed by atoms with van der Waals surface area (Å²) in [7, 11) is 2.11. The fraction of sp³-hybridized carbons (Fsp3) is 0.207. The molecule has 1 N–H and O–H groups in total. The van der Waals surface area contributed by atoms with Crippen molar-refractivity contribution in [2.75, 3.05) is 13.6 Å². The predicted octanol–water partition coefficient (Wildman–Crippen LogP) is 6.63. The molecule has 3 nitrogen and oxygen atoms in total. The first-order valence-corrected chi connectivity index (χ1v) is 11.1. The van der Waals surface area contributed by atoms with Crippen LogP contribution in [-0.4, -0.2) is 23.5 Å². The fourth-order valence-corrected chi connectivity index (χ4v) is 4.41. The average molecular weight is 423 g/mol. The van der Waals surface area contributed by atoms with E-state index in [0.29, 0.717) is 0 Å². The summed E-state index contributed by atoms with van der Waals surface area (Å²) in [6, 6.07) is 16.1. The SMILES string of the molecule is C=C(/C(=C/C)N(C)CC1=CCCC=C1)c1ccc2[nH]c(=O)cc(-c3cccc(C)c3)c2c1. The Morgan fingerprint density at radius 1 is 1.16 bits per heavy atom. The maximum Gasteiger partial charge on any atom is 0.249 e. The van der Waals surface area contributed by atoms with Crippen molar-refractivity contribution in [3.63, 3.8) is 0 Å². The Labute approximate surface area is 190 Å². The minimum atomic E-state index is -0.0942. The van der Waals surface area contributed by atoms with Gasteiger partial charge in [-0.3, -0.25) is 4.79 Å². The molecule has 3 aromatic rings. The third kappa shape index (κ3) is 4.52. The summed E-state index contributed by atoms with van der Waals surface area (Å²) >= 11 is 0. The number of aromatic nitrogens is 1. The van der Waals surface area contributed by atoms with Crippen LogP contribution in [0.3, 0.4) is 0 Å². The molecular weight excluding hydrogens is 392 g/mol. The van der Waals surface area contributed by atoms with E-state index in [2.05, 4.69) is 85.9 Å². The van der Waals surface area contributed by atoms with Gasteiger partial charge in [0.1, 0.15) is 0 Å². The van der Waals surface area contributed by atoms with Crippen LogP contribution in [0.25, 0.3) is 27.6 Å². The highest BCUT2D eigenvalue weighted by Gasteiger charge is 2.14. The highest BCUT2D eigenvalue weighted by molar-refractivity contribution is 5.97. The summed E-state index contributed by atoms with van der Waals surface area (Å²) in [5.74, 6) is 0. The fourth-order valence-electron chi connectivity index (χ4n) is 4.41. The highest BCUT2D eigenvalue weighted by atomic mass is 16.1. The third-order valence-corrected chi connectivity index (χ3v) is 6.01. The zero-order chi connectivity index (χ0) is 22.7. The van der Waals surface area contributed by atoms with Gasteiger partial charge in [-0.2, -0.15) is 0 Å². The van der Waals surface area contributed by atoms with E-state index >= 15 is 0 Å². The molecule has 0 atom stereocenters. The first-order valence-electron chi connectivity index (χ1n) is 11.1. The van der Waals surface area contributed by atoms with Gasteiger partial charge in [-0.1, -0.05) is 66.8 Å². The number of nitrogens with zero attached hydrogens (tertiary/aromatic N) is 1. The van der Waals surface area contributed by atoms with Gasteiger partial charge in [0, 0.05) is 36.3 Å². The average Bonchev–Trinajstić information content (AvgIpc) is 2.79. The number of nitrogens with one attached hydrogen (secondary N) is 1. The van der Waals surface area contributed by atoms with E-state index in [0.717, 1.165) is 58.2 Å². The molecule has 1 aromatic heterocycles. The maximum atomic E-state index is 12.3. The van der Waals surface area contributed by atoms with Crippen LogP contribution in [0.15, 0.2) is 95.5 Å². The summed E-state index contributed by atoms with van der Waals surface area (Å²) in [5, 5.41) is 1.02. The molecule has 0 spiro atoms. The lowest BCUT2D eigenvalue weighted by Crippen LogP contribution is -2.21. The monoisotopic (exact) mass is 422 g/mol. The molecule has 2 aromatic carbocycles. The Hall–Kier alpha value is -3.59. The van der Waals surface area contributed by atoms with E-state index in [1.165, 1.54) is 11.1 Å². The Morgan fingerprint density at radius 3 is 2.72 bits per heavy atom. The number of benzene rings is 2. The molecule has 0 saturated heterocycles. The molecule has 0 amide bonds. The molecule has 0 saturated carbocycles. The van der Waals surface area contributed by atoms with E-state index in [-0.39, 0.29) is 5.56 Å². The minimum absolute atomic E-state index is 0.0942. The van der Waals surface area contributed by atoms with Crippen LogP contribution in [0.4, 0.5) is 0 Å². The Kier molecular flexibility index (Phi) is 6.27. The van der Waals surface area contributed by atoms with Gasteiger partial charge in [0.05, 0.1) is 0 Å². The number of pyridine rings is 1. The quantitative estimate of drug-likeness (QED) is 0.453. The van der Waals surface area contributed by atoms with Crippen molar-refractivity contribution >= 4 is 16.5 Å². The summed E-state index contributed by atoms with van der Waals surface area (Å²) in [6.45, 7) is 9.40. The van der Waals surface area contributed by atoms with Gasteiger partial charge in [0.2, 0.25) is 5.56 Å². The number of fused-ring (bicyclic) bond motifs is 1. The molecule has 32 heavy (non-hydrogen) atoms. The van der Waals surface area contributed by atoms with Gasteiger partial charge in [-0.15, -0.1) is 0 Å². The maximum absolute atomic E-state index is 12.3. The zero-order valence-corrected chi connectivity index (χ0v) is 19.1. The normalized spacial score (nSPS) is 13.8. The van der Waals surface area contributed by atoms with Crippen molar-refractivity contribution in [2.24, 2.45) is 0 Å². The smallest absolute Gasteiger partial charge is 0.249 e. The molecule has 0 unspecified atom stereocenters. The molecule has 1 heterocycles. The van der Waals surface area contributed by atoms with Gasteiger partial charge < -0.3 is 9.88 Å². The summed E-state index contributed by atoms with van der Waals surface area (Å²) < 4.78 is 0. The Morgan fingerprint density at radius 2 is 2.00 bits per heavy atom. The highest BCUT2D eigenvalue weighted by Crippen LogP contribution is 2.31. The van der Waals surface area contributed by atoms with Crippen LogP contribution in [0.1, 0.15) is 30.9 Å². The van der Waals surface area contributed by atoms with Crippen LogP contribution in [0, 0.1) is 6.92 Å². The van der Waals surface area contributed by atoms with Crippen LogP contribution < -0.4 is 5.56 Å². The molecule has 4 rings (SSSR count). The predicted molar refractivity (Wildman–Crippen MR) is 137 cm³/mol. The minimum Gasteiger partial charge on any atom is -0.370 e. The van der Waals surface area contributed by atoms with E-state index in [1.807, 2.05) is 18.2 Å². The number of aromatic amines is 1. The number of aryl methyl sites for hydroxylation is 1. The van der Waals surface area contributed by atoms with Crippen LogP contribution in [0.5, 0.6) is 0 Å². The number of hydrogen-bond donors (Lipinski definition) is 1. The molecule has 1 aliphatic carbocycles. The molecule has 0 aliphatic heterocycles. The van der Waals surface area contributed by atoms with Gasteiger partial charge in [0.25, 0.3) is 0 Å². The van der Waals surface area contributed by atoms with Crippen molar-refractivity contribution in [3.8, 4) is 11.1 Å². The van der Waals surface area contributed by atoms with Crippen molar-refractivity contribution in [1.29, 1.82) is 0 Å². The summed E-state index contributed by atoms with van der Waals surface area (Å²) in [4.78, 5) is 17.5. The second kappa shape index (κ2) is 9.27. The lowest BCUT2D eigenvalue weighted by Gasteiger charge is -2.26. The van der Waals surface area contributed by atoms with Crippen LogP contribution in [0.2, 0.25) is 0 Å². The molecule has 3 heteroatoms. The second-order valence-corrected chi connectivity index (χ2v) is 8.44. The van der Waals surface area contributed by atoms with E-state index < -0.39 is 0 Å². The summed E-state index contributed by atoms with van der Waals surface area (Å²) in [6.07, 6.45) is 11.1. The van der Waals surface area contributed by atoms with Gasteiger partial charge in [-0.25, -0.2) is 0 Å². The van der Waals surface area contributed by atoms with E-state index in [4.69, 9.17) is 0 Å². The lowest BCUT2D eigenvalue weighted by molar-refractivity contribution is 0.473. The van der Waals surface area contributed by atoms with E-state index in [9.17, 15) is 4.79 Å². The number of rotatable bonds is 6. The summed E-state index contributed by atoms with van der Waals surface area (Å²) in [5.41, 5.74) is 8.35. The molecule has 0 bridgehead atoms. The van der Waals surface area contributed by atoms with Gasteiger partial charge >= 0.3 is 0 Å². The van der Waals surface area contributed by atoms with Crippen molar-refractivity contribution in [1.82, 2.24) is 9.88 Å². The van der Waals surface area contributed by atoms with Crippen LogP contribution in [-0.2, 0) is 0 Å². The molecule has 162 valence electrons. The topological polar surface area (TPSA) is 36.1 Å². The molecule has 1 aliphatic rings. The molecule has 0 fully saturated rings. The van der Waals surface area contributed by atoms with Gasteiger partial charge in [0.15, 0.2) is 0 Å². The Balaban J connectivity index is 1.72. The van der Waals surface area contributed by atoms with Crippen LogP contribution >= 0.6 is 0 Å². The number of allylic oxidation sites excluding steroid dienone is 4. The van der Waals surface area contributed by atoms with E-state index in [1.54, 1.807) is 6.07 Å². The zero-order valence-electron chi connectivity index (χ0n) is 19.1. The van der Waals surface area contributed by atoms with Gasteiger partial charge in [-0.05, 0) is 66.7 Å². The first-order chi connectivity index (χ1) is 15.5. The first kappa shape index (κ1) is 21.6. The van der Waals surface area contributed by atoms with Crippen molar-refractivity contribution < 1.29 is 0 Å². The molecular formula is C29H30N2O. The van der Waals surface area contributed by atoms with Crippen molar-refractivity contribution in [2.45, 2.75) is 26.7 Å². The third-order valence-electron chi connectivity index (χ3n) is 6.01. The van der Waals surface area contributed by atoms with Crippen molar-refractivity contribution in [3.05, 3.63) is 112 Å². The molecule has 0 radical (unpaired) electrons. The standard InChI is InChI=1S/C29H30N2O/c1-5-28(31(4)19-22-11-7-6-8-12-22)21(3)23-14-15-27-26(17-23)25(18-29(32)30-27)24-13-9-10-20(2)16-24/h5,7,9-18H,3,6,8,19H2,1-2,4H3,(H,30,32)/b28-5-. The Bertz CT molecular complexity index is 1320. The lowest BCUT2D eigenvalue weighted by atomic mass is 9.95. The number of hydrogen-bond acceptors (Lipinski definition) is 2.